The maximum Gasteiger partial charge on any atom is 0.325 e. The smallest absolute Gasteiger partial charge is 0.325 e. The summed E-state index contributed by atoms with van der Waals surface area (Å²) in [5.41, 5.74) is 11.4. The van der Waals surface area contributed by atoms with Crippen LogP contribution in [-0.4, -0.2) is 69.9 Å². The van der Waals surface area contributed by atoms with Crippen molar-refractivity contribution in [1.29, 1.82) is 0 Å². The molecule has 0 heterocycles. The molecular formula is C22H31N5O8. The van der Waals surface area contributed by atoms with Gasteiger partial charge in [0.2, 0.25) is 23.6 Å². The first kappa shape index (κ1) is 29.0. The molecule has 0 saturated carbocycles. The Kier molecular flexibility index (Phi) is 11.9. The van der Waals surface area contributed by atoms with Gasteiger partial charge in [-0.1, -0.05) is 30.3 Å². The van der Waals surface area contributed by atoms with Crippen molar-refractivity contribution in [2.45, 2.75) is 63.2 Å². The molecule has 0 bridgehead atoms. The second kappa shape index (κ2) is 14.3. The van der Waals surface area contributed by atoms with Gasteiger partial charge in [0.05, 0.1) is 6.04 Å². The summed E-state index contributed by atoms with van der Waals surface area (Å²) in [6.45, 7) is 1.25. The number of benzene rings is 1. The highest BCUT2D eigenvalue weighted by molar-refractivity contribution is 5.94. The number of carboxylic acid groups (broad SMARTS) is 2. The van der Waals surface area contributed by atoms with Gasteiger partial charge in [0.15, 0.2) is 0 Å². The van der Waals surface area contributed by atoms with Gasteiger partial charge in [-0.15, -0.1) is 0 Å². The van der Waals surface area contributed by atoms with Crippen molar-refractivity contribution in [3.05, 3.63) is 35.9 Å². The van der Waals surface area contributed by atoms with Crippen molar-refractivity contribution >= 4 is 35.6 Å². The van der Waals surface area contributed by atoms with Crippen molar-refractivity contribution in [3.8, 4) is 0 Å². The number of carbonyl (C=O) groups is 6. The molecule has 0 aliphatic rings. The van der Waals surface area contributed by atoms with Crippen LogP contribution in [0.4, 0.5) is 0 Å². The Morgan fingerprint density at radius 3 is 1.94 bits per heavy atom. The summed E-state index contributed by atoms with van der Waals surface area (Å²) in [7, 11) is 0. The van der Waals surface area contributed by atoms with Gasteiger partial charge in [0.1, 0.15) is 18.1 Å². The first-order chi connectivity index (χ1) is 16.4. The van der Waals surface area contributed by atoms with Crippen LogP contribution in [0.25, 0.3) is 0 Å². The van der Waals surface area contributed by atoms with Crippen LogP contribution < -0.4 is 27.4 Å². The number of hydrogen-bond donors (Lipinski definition) is 7. The number of nitrogens with one attached hydrogen (secondary N) is 3. The number of primary amides is 1. The minimum absolute atomic E-state index is 0.00246. The molecule has 1 aromatic carbocycles. The van der Waals surface area contributed by atoms with E-state index in [2.05, 4.69) is 16.0 Å². The second-order valence-corrected chi connectivity index (χ2v) is 7.92. The number of carboxylic acids is 2. The van der Waals surface area contributed by atoms with Crippen LogP contribution in [0.15, 0.2) is 30.3 Å². The average Bonchev–Trinajstić information content (AvgIpc) is 2.79. The third kappa shape index (κ3) is 11.1. The molecule has 0 aromatic heterocycles. The normalized spacial score (nSPS) is 14.0. The first-order valence-corrected chi connectivity index (χ1v) is 10.8. The average molecular weight is 494 g/mol. The first-order valence-electron chi connectivity index (χ1n) is 10.8. The summed E-state index contributed by atoms with van der Waals surface area (Å²) >= 11 is 0. The summed E-state index contributed by atoms with van der Waals surface area (Å²) in [6.07, 6.45) is -1.02. The zero-order chi connectivity index (χ0) is 26.5. The number of rotatable bonds is 15. The zero-order valence-electron chi connectivity index (χ0n) is 19.2. The summed E-state index contributed by atoms with van der Waals surface area (Å²) in [5, 5.41) is 25.2. The van der Waals surface area contributed by atoms with Gasteiger partial charge >= 0.3 is 11.9 Å². The second-order valence-electron chi connectivity index (χ2n) is 7.92. The number of nitrogens with two attached hydrogens (primary N) is 2. The fourth-order valence-corrected chi connectivity index (χ4v) is 2.95. The van der Waals surface area contributed by atoms with Gasteiger partial charge < -0.3 is 37.6 Å². The lowest BCUT2D eigenvalue weighted by Crippen LogP contribution is -2.57. The van der Waals surface area contributed by atoms with E-state index in [0.717, 1.165) is 0 Å². The summed E-state index contributed by atoms with van der Waals surface area (Å²) < 4.78 is 0. The van der Waals surface area contributed by atoms with Crippen LogP contribution >= 0.6 is 0 Å². The Balaban J connectivity index is 3.04. The molecule has 4 atom stereocenters. The largest absolute Gasteiger partial charge is 0.481 e. The summed E-state index contributed by atoms with van der Waals surface area (Å²) in [5.74, 6) is -5.61. The summed E-state index contributed by atoms with van der Waals surface area (Å²) in [4.78, 5) is 71.2. The molecule has 13 nitrogen and oxygen atoms in total. The fraction of sp³-hybridized carbons (Fsp3) is 0.455. The third-order valence-corrected chi connectivity index (χ3v) is 4.96. The van der Waals surface area contributed by atoms with Crippen molar-refractivity contribution in [3.63, 3.8) is 0 Å². The minimum Gasteiger partial charge on any atom is -0.481 e. The van der Waals surface area contributed by atoms with Crippen LogP contribution in [0.3, 0.4) is 0 Å². The van der Waals surface area contributed by atoms with Crippen LogP contribution in [0.1, 0.15) is 38.2 Å². The van der Waals surface area contributed by atoms with E-state index < -0.39 is 66.2 Å². The predicted octanol–water partition coefficient (Wildman–Crippen LogP) is -1.75. The maximum absolute atomic E-state index is 13.0. The molecule has 0 radical (unpaired) electrons. The zero-order valence-corrected chi connectivity index (χ0v) is 19.2. The summed E-state index contributed by atoms with van der Waals surface area (Å²) in [6, 6.07) is 3.60. The Bertz CT molecular complexity index is 924. The standard InChI is InChI=1S/C22H31N5O8/c1-12(22(34)35)25-21(33)16(11-13-5-3-2-4-6-13)27-20(32)15(8-10-18(29)30)26-19(31)14(23)7-9-17(24)28/h2-6,12,14-16H,7-11,23H2,1H3,(H2,24,28)(H,25,33)(H,26,31)(H,27,32)(H,29,30)(H,34,35). The monoisotopic (exact) mass is 493 g/mol. The topological polar surface area (TPSA) is 231 Å². The quantitative estimate of drug-likeness (QED) is 0.146. The van der Waals surface area contributed by atoms with Crippen molar-refractivity contribution in [2.24, 2.45) is 11.5 Å². The Labute approximate surface area is 201 Å². The molecule has 1 aromatic rings. The van der Waals surface area contributed by atoms with Gasteiger partial charge in [-0.2, -0.15) is 0 Å². The number of carbonyl (C=O) groups excluding carboxylic acids is 4. The van der Waals surface area contributed by atoms with Gasteiger partial charge in [-0.3, -0.25) is 28.8 Å². The molecule has 4 amide bonds. The van der Waals surface area contributed by atoms with E-state index in [1.54, 1.807) is 30.3 Å². The van der Waals surface area contributed by atoms with Crippen LogP contribution in [-0.2, 0) is 35.2 Å². The van der Waals surface area contributed by atoms with E-state index in [-0.39, 0.29) is 25.7 Å². The molecule has 0 spiro atoms. The molecule has 9 N–H and O–H groups in total. The molecular weight excluding hydrogens is 462 g/mol. The van der Waals surface area contributed by atoms with E-state index in [1.807, 2.05) is 0 Å². The molecule has 13 heteroatoms. The minimum atomic E-state index is -1.36. The van der Waals surface area contributed by atoms with Crippen molar-refractivity contribution in [1.82, 2.24) is 16.0 Å². The van der Waals surface area contributed by atoms with Gasteiger partial charge in [-0.25, -0.2) is 0 Å². The lowest BCUT2D eigenvalue weighted by molar-refractivity contribution is -0.141. The van der Waals surface area contributed by atoms with Crippen molar-refractivity contribution in [2.75, 3.05) is 0 Å². The maximum atomic E-state index is 13.0. The number of aliphatic carboxylic acids is 2. The Hall–Kier alpha value is -4.00. The highest BCUT2D eigenvalue weighted by Crippen LogP contribution is 2.07. The van der Waals surface area contributed by atoms with E-state index in [9.17, 15) is 28.8 Å². The van der Waals surface area contributed by atoms with E-state index in [4.69, 9.17) is 21.7 Å². The van der Waals surface area contributed by atoms with Crippen LogP contribution in [0.2, 0.25) is 0 Å². The van der Waals surface area contributed by atoms with E-state index in [1.165, 1.54) is 6.92 Å². The highest BCUT2D eigenvalue weighted by atomic mass is 16.4. The Morgan fingerprint density at radius 2 is 1.40 bits per heavy atom. The SMILES string of the molecule is CC(NC(=O)C(Cc1ccccc1)NC(=O)C(CCC(=O)O)NC(=O)C(N)CCC(N)=O)C(=O)O. The lowest BCUT2D eigenvalue weighted by atomic mass is 10.0. The number of hydrogen-bond acceptors (Lipinski definition) is 7. The molecule has 0 aliphatic heterocycles. The van der Waals surface area contributed by atoms with Gasteiger partial charge in [-0.05, 0) is 25.3 Å². The van der Waals surface area contributed by atoms with Gasteiger partial charge in [0.25, 0.3) is 0 Å². The fourth-order valence-electron chi connectivity index (χ4n) is 2.95. The molecule has 1 rings (SSSR count). The van der Waals surface area contributed by atoms with Crippen LogP contribution in [0.5, 0.6) is 0 Å². The van der Waals surface area contributed by atoms with Crippen LogP contribution in [0, 0.1) is 0 Å². The predicted molar refractivity (Wildman–Crippen MR) is 123 cm³/mol. The molecule has 0 aliphatic carbocycles. The van der Waals surface area contributed by atoms with Crippen molar-refractivity contribution < 1.29 is 39.0 Å². The molecule has 35 heavy (non-hydrogen) atoms. The molecule has 0 saturated heterocycles. The lowest BCUT2D eigenvalue weighted by Gasteiger charge is -2.24. The number of amides is 4. The molecule has 4 unspecified atom stereocenters. The highest BCUT2D eigenvalue weighted by Gasteiger charge is 2.30. The van der Waals surface area contributed by atoms with Gasteiger partial charge in [0, 0.05) is 19.3 Å². The Morgan fingerprint density at radius 1 is 0.829 bits per heavy atom. The molecule has 0 fully saturated rings. The van der Waals surface area contributed by atoms with E-state index in [0.29, 0.717) is 5.56 Å². The molecule has 192 valence electrons. The third-order valence-electron chi connectivity index (χ3n) is 4.96. The van der Waals surface area contributed by atoms with E-state index >= 15 is 0 Å².